The number of aromatic nitrogens is 2. The monoisotopic (exact) mass is 247 g/mol. The first-order chi connectivity index (χ1) is 8.34. The van der Waals surface area contributed by atoms with Crippen LogP contribution >= 0.6 is 0 Å². The maximum atomic E-state index is 12.3. The van der Waals surface area contributed by atoms with Crippen LogP contribution in [0.3, 0.4) is 0 Å². The molecule has 3 rings (SSSR count). The summed E-state index contributed by atoms with van der Waals surface area (Å²) in [5.41, 5.74) is 1.65. The molecule has 1 aromatic carbocycles. The number of hydrogen-bond acceptors (Lipinski definition) is 4. The van der Waals surface area contributed by atoms with E-state index in [-0.39, 0.29) is 5.25 Å². The zero-order valence-corrected chi connectivity index (χ0v) is 10.1. The van der Waals surface area contributed by atoms with Crippen molar-refractivity contribution in [1.82, 2.24) is 15.3 Å². The number of rotatable bonds is 2. The molecule has 0 aliphatic carbocycles. The first kappa shape index (κ1) is 10.8. The molecule has 2 heterocycles. The van der Waals surface area contributed by atoms with E-state index in [4.69, 9.17) is 0 Å². The molecule has 2 atom stereocenters. The molecular formula is C12H13N3OS. The van der Waals surface area contributed by atoms with Crippen molar-refractivity contribution in [3.8, 4) is 0 Å². The third-order valence-electron chi connectivity index (χ3n) is 2.95. The van der Waals surface area contributed by atoms with Crippen LogP contribution in [0.15, 0.2) is 35.5 Å². The number of benzene rings is 1. The first-order valence-electron chi connectivity index (χ1n) is 5.68. The zero-order chi connectivity index (χ0) is 11.7. The van der Waals surface area contributed by atoms with Gasteiger partial charge >= 0.3 is 0 Å². The molecule has 4 nitrogen and oxygen atoms in total. The number of nitrogens with one attached hydrogen (secondary N) is 1. The molecule has 1 saturated heterocycles. The number of fused-ring (bicyclic) bond motifs is 1. The van der Waals surface area contributed by atoms with E-state index in [9.17, 15) is 4.21 Å². The predicted octanol–water partition coefficient (Wildman–Crippen LogP) is 1.10. The van der Waals surface area contributed by atoms with Gasteiger partial charge in [-0.05, 0) is 25.1 Å². The molecule has 0 saturated carbocycles. The van der Waals surface area contributed by atoms with Gasteiger partial charge in [-0.15, -0.1) is 0 Å². The molecule has 1 N–H and O–H groups in total. The Morgan fingerprint density at radius 3 is 2.88 bits per heavy atom. The van der Waals surface area contributed by atoms with Crippen molar-refractivity contribution < 1.29 is 4.21 Å². The summed E-state index contributed by atoms with van der Waals surface area (Å²) < 4.78 is 12.3. The second kappa shape index (κ2) is 4.50. The maximum Gasteiger partial charge on any atom is 0.146 e. The van der Waals surface area contributed by atoms with E-state index < -0.39 is 10.8 Å². The highest BCUT2D eigenvalue weighted by Crippen LogP contribution is 2.16. The van der Waals surface area contributed by atoms with Gasteiger partial charge in [0, 0.05) is 6.54 Å². The van der Waals surface area contributed by atoms with E-state index in [1.165, 1.54) is 0 Å². The molecule has 1 unspecified atom stereocenters. The predicted molar refractivity (Wildman–Crippen MR) is 67.2 cm³/mol. The van der Waals surface area contributed by atoms with Crippen molar-refractivity contribution in [1.29, 1.82) is 0 Å². The Morgan fingerprint density at radius 1 is 1.29 bits per heavy atom. The van der Waals surface area contributed by atoms with E-state index in [2.05, 4.69) is 15.3 Å². The van der Waals surface area contributed by atoms with Crippen molar-refractivity contribution >= 4 is 21.8 Å². The molecule has 1 aliphatic rings. The molecule has 1 fully saturated rings. The highest BCUT2D eigenvalue weighted by Gasteiger charge is 2.23. The van der Waals surface area contributed by atoms with Gasteiger partial charge in [0.25, 0.3) is 0 Å². The minimum atomic E-state index is -1.05. The fourth-order valence-corrected chi connectivity index (χ4v) is 3.31. The quantitative estimate of drug-likeness (QED) is 0.863. The van der Waals surface area contributed by atoms with Crippen molar-refractivity contribution in [2.24, 2.45) is 0 Å². The second-order valence-corrected chi connectivity index (χ2v) is 5.79. The van der Waals surface area contributed by atoms with Crippen LogP contribution in [0, 0.1) is 0 Å². The fourth-order valence-electron chi connectivity index (χ4n) is 2.02. The molecule has 88 valence electrons. The van der Waals surface area contributed by atoms with Gasteiger partial charge in [0.2, 0.25) is 0 Å². The second-order valence-electron chi connectivity index (χ2n) is 4.11. The van der Waals surface area contributed by atoms with Crippen molar-refractivity contribution in [3.63, 3.8) is 0 Å². The largest absolute Gasteiger partial charge is 0.315 e. The van der Waals surface area contributed by atoms with Gasteiger partial charge in [-0.1, -0.05) is 12.1 Å². The summed E-state index contributed by atoms with van der Waals surface area (Å²) >= 11 is 0. The topological polar surface area (TPSA) is 54.9 Å². The standard InChI is InChI=1S/C12H13N3OS/c16-17(9-5-6-13-7-9)12-8-14-10-3-1-2-4-11(10)15-12/h1-4,8-9,13H,5-7H2/t9-,17?/m0/s1. The molecular weight excluding hydrogens is 234 g/mol. The average Bonchev–Trinajstić information content (AvgIpc) is 2.91. The molecule has 0 radical (unpaired) electrons. The van der Waals surface area contributed by atoms with Gasteiger partial charge in [0.1, 0.15) is 5.03 Å². The molecule has 0 amide bonds. The number of para-hydroxylation sites is 2. The number of nitrogens with zero attached hydrogens (tertiary/aromatic N) is 2. The molecule has 1 aliphatic heterocycles. The van der Waals surface area contributed by atoms with Gasteiger partial charge in [-0.25, -0.2) is 4.98 Å². The Kier molecular flexibility index (Phi) is 2.86. The van der Waals surface area contributed by atoms with Crippen molar-refractivity contribution in [2.45, 2.75) is 16.7 Å². The van der Waals surface area contributed by atoms with Gasteiger partial charge in [-0.3, -0.25) is 9.19 Å². The minimum Gasteiger partial charge on any atom is -0.315 e. The van der Waals surface area contributed by atoms with E-state index in [0.29, 0.717) is 5.03 Å². The van der Waals surface area contributed by atoms with Crippen molar-refractivity contribution in [3.05, 3.63) is 30.5 Å². The lowest BCUT2D eigenvalue weighted by Gasteiger charge is -2.07. The molecule has 0 bridgehead atoms. The highest BCUT2D eigenvalue weighted by atomic mass is 32.2. The Morgan fingerprint density at radius 2 is 2.12 bits per heavy atom. The summed E-state index contributed by atoms with van der Waals surface area (Å²) in [5.74, 6) is 0. The Hall–Kier alpha value is -1.33. The van der Waals surface area contributed by atoms with Gasteiger partial charge < -0.3 is 5.32 Å². The molecule has 5 heteroatoms. The van der Waals surface area contributed by atoms with Crippen LogP contribution in [0.4, 0.5) is 0 Å². The summed E-state index contributed by atoms with van der Waals surface area (Å²) in [5, 5.41) is 3.99. The lowest BCUT2D eigenvalue weighted by Crippen LogP contribution is -2.19. The van der Waals surface area contributed by atoms with E-state index in [0.717, 1.165) is 30.5 Å². The Balaban J connectivity index is 1.97. The lowest BCUT2D eigenvalue weighted by molar-refractivity contribution is 0.669. The van der Waals surface area contributed by atoms with Gasteiger partial charge in [0.15, 0.2) is 0 Å². The van der Waals surface area contributed by atoms with Gasteiger partial charge in [0.05, 0.1) is 33.3 Å². The highest BCUT2D eigenvalue weighted by molar-refractivity contribution is 7.85. The van der Waals surface area contributed by atoms with Crippen LogP contribution < -0.4 is 5.32 Å². The summed E-state index contributed by atoms with van der Waals surface area (Å²) in [6.45, 7) is 1.75. The molecule has 17 heavy (non-hydrogen) atoms. The zero-order valence-electron chi connectivity index (χ0n) is 9.30. The van der Waals surface area contributed by atoms with Crippen LogP contribution in [-0.4, -0.2) is 32.5 Å². The summed E-state index contributed by atoms with van der Waals surface area (Å²) in [7, 11) is -1.05. The summed E-state index contributed by atoms with van der Waals surface area (Å²) in [6, 6.07) is 7.65. The van der Waals surface area contributed by atoms with Crippen LogP contribution in [0.25, 0.3) is 11.0 Å². The van der Waals surface area contributed by atoms with Gasteiger partial charge in [-0.2, -0.15) is 0 Å². The number of hydrogen-bond donors (Lipinski definition) is 1. The SMILES string of the molecule is O=S(c1cnc2ccccc2n1)[C@H]1CCNC1. The summed E-state index contributed by atoms with van der Waals surface area (Å²) in [6.07, 6.45) is 2.58. The van der Waals surface area contributed by atoms with E-state index >= 15 is 0 Å². The molecule has 2 aromatic rings. The maximum absolute atomic E-state index is 12.3. The average molecular weight is 247 g/mol. The molecule has 0 spiro atoms. The van der Waals surface area contributed by atoms with Crippen molar-refractivity contribution in [2.75, 3.05) is 13.1 Å². The normalized spacial score (nSPS) is 21.8. The Bertz CT molecular complexity index is 566. The lowest BCUT2D eigenvalue weighted by atomic mass is 10.3. The minimum absolute atomic E-state index is 0.172. The first-order valence-corrected chi connectivity index (χ1v) is 6.89. The van der Waals surface area contributed by atoms with Crippen LogP contribution in [0.1, 0.15) is 6.42 Å². The fraction of sp³-hybridized carbons (Fsp3) is 0.333. The third-order valence-corrected chi connectivity index (χ3v) is 4.57. The smallest absolute Gasteiger partial charge is 0.146 e. The third kappa shape index (κ3) is 2.08. The Labute approximate surface area is 102 Å². The van der Waals surface area contributed by atoms with Crippen LogP contribution in [-0.2, 0) is 10.8 Å². The van der Waals surface area contributed by atoms with Crippen LogP contribution in [0.2, 0.25) is 0 Å². The summed E-state index contributed by atoms with van der Waals surface area (Å²) in [4.78, 5) is 8.73. The van der Waals surface area contributed by atoms with Crippen LogP contribution in [0.5, 0.6) is 0 Å². The van der Waals surface area contributed by atoms with E-state index in [1.807, 2.05) is 24.3 Å². The molecule has 1 aromatic heterocycles. The van der Waals surface area contributed by atoms with E-state index in [1.54, 1.807) is 6.20 Å².